The first-order valence-electron chi connectivity index (χ1n) is 5.29. The number of carbonyl (C=O) groups excluding carboxylic acids is 1. The van der Waals surface area contributed by atoms with Crippen LogP contribution in [0.4, 0.5) is 5.69 Å². The summed E-state index contributed by atoms with van der Waals surface area (Å²) in [6, 6.07) is 9.57. The Morgan fingerprint density at radius 1 is 1.38 bits per heavy atom. The zero-order valence-electron chi connectivity index (χ0n) is 9.69. The van der Waals surface area contributed by atoms with Crippen LogP contribution in [-0.2, 0) is 9.53 Å². The van der Waals surface area contributed by atoms with Gasteiger partial charge in [-0.25, -0.2) is 0 Å². The molecule has 0 heterocycles. The predicted molar refractivity (Wildman–Crippen MR) is 64.4 cm³/mol. The monoisotopic (exact) mass is 222 g/mol. The quantitative estimate of drug-likeness (QED) is 0.761. The Labute approximate surface area is 96.0 Å². The average Bonchev–Trinajstić information content (AvgIpc) is 2.28. The smallest absolute Gasteiger partial charge is 0.238 e. The summed E-state index contributed by atoms with van der Waals surface area (Å²) in [5.74, 6) is -0.0471. The summed E-state index contributed by atoms with van der Waals surface area (Å²) in [4.78, 5) is 11.5. The number of anilines is 1. The van der Waals surface area contributed by atoms with E-state index in [1.807, 2.05) is 37.3 Å². The van der Waals surface area contributed by atoms with E-state index in [9.17, 15) is 4.79 Å². The third kappa shape index (κ3) is 4.91. The van der Waals surface area contributed by atoms with Crippen LogP contribution in [0.2, 0.25) is 0 Å². The second-order valence-electron chi connectivity index (χ2n) is 3.65. The van der Waals surface area contributed by atoms with E-state index in [2.05, 4.69) is 10.6 Å². The highest BCUT2D eigenvalue weighted by Gasteiger charge is 2.04. The van der Waals surface area contributed by atoms with Crippen LogP contribution in [0.1, 0.15) is 6.92 Å². The molecule has 0 radical (unpaired) electrons. The lowest BCUT2D eigenvalue weighted by Crippen LogP contribution is -2.36. The number of nitrogens with one attached hydrogen (secondary N) is 2. The van der Waals surface area contributed by atoms with Crippen LogP contribution in [0.25, 0.3) is 0 Å². The molecule has 2 N–H and O–H groups in total. The number of rotatable bonds is 6. The van der Waals surface area contributed by atoms with E-state index in [1.165, 1.54) is 0 Å². The third-order valence-electron chi connectivity index (χ3n) is 2.09. The molecule has 0 saturated heterocycles. The van der Waals surface area contributed by atoms with Crippen molar-refractivity contribution in [2.45, 2.75) is 13.0 Å². The fourth-order valence-electron chi connectivity index (χ4n) is 1.30. The van der Waals surface area contributed by atoms with E-state index in [0.29, 0.717) is 13.2 Å². The minimum Gasteiger partial charge on any atom is -0.383 e. The maximum absolute atomic E-state index is 11.5. The van der Waals surface area contributed by atoms with Gasteiger partial charge in [0, 0.05) is 18.8 Å². The van der Waals surface area contributed by atoms with Gasteiger partial charge < -0.3 is 15.4 Å². The summed E-state index contributed by atoms with van der Waals surface area (Å²) in [5.41, 5.74) is 0.814. The topological polar surface area (TPSA) is 50.4 Å². The van der Waals surface area contributed by atoms with Crippen LogP contribution in [0.15, 0.2) is 30.3 Å². The molecule has 1 amide bonds. The summed E-state index contributed by atoms with van der Waals surface area (Å²) < 4.78 is 4.96. The fourth-order valence-corrected chi connectivity index (χ4v) is 1.30. The van der Waals surface area contributed by atoms with Gasteiger partial charge in [-0.05, 0) is 19.1 Å². The van der Waals surface area contributed by atoms with E-state index in [-0.39, 0.29) is 11.9 Å². The first kappa shape index (κ1) is 12.7. The Morgan fingerprint density at radius 3 is 2.69 bits per heavy atom. The molecule has 0 saturated carbocycles. The summed E-state index contributed by atoms with van der Waals surface area (Å²) in [6.07, 6.45) is 0. The lowest BCUT2D eigenvalue weighted by molar-refractivity contribution is -0.115. The van der Waals surface area contributed by atoms with Crippen LogP contribution in [-0.4, -0.2) is 32.2 Å². The van der Waals surface area contributed by atoms with Crippen molar-refractivity contribution >= 4 is 11.6 Å². The molecule has 0 aliphatic rings. The van der Waals surface area contributed by atoms with Gasteiger partial charge in [-0.1, -0.05) is 18.2 Å². The Morgan fingerprint density at radius 2 is 2.06 bits per heavy atom. The van der Waals surface area contributed by atoms with Crippen molar-refractivity contribution in [3.63, 3.8) is 0 Å². The molecule has 16 heavy (non-hydrogen) atoms. The number of para-hydroxylation sites is 1. The molecular formula is C12H18N2O2. The summed E-state index contributed by atoms with van der Waals surface area (Å²) in [7, 11) is 1.64. The van der Waals surface area contributed by atoms with Crippen LogP contribution in [0, 0.1) is 0 Å². The van der Waals surface area contributed by atoms with Gasteiger partial charge in [0.05, 0.1) is 13.2 Å². The highest BCUT2D eigenvalue weighted by atomic mass is 16.5. The van der Waals surface area contributed by atoms with Crippen molar-refractivity contribution in [3.8, 4) is 0 Å². The summed E-state index contributed by atoms with van der Waals surface area (Å²) in [5, 5.41) is 5.86. The maximum Gasteiger partial charge on any atom is 0.238 e. The van der Waals surface area contributed by atoms with Crippen molar-refractivity contribution in [2.24, 2.45) is 0 Å². The van der Waals surface area contributed by atoms with Crippen molar-refractivity contribution in [2.75, 3.05) is 25.6 Å². The van der Waals surface area contributed by atoms with Gasteiger partial charge in [0.2, 0.25) is 5.91 Å². The molecule has 4 nitrogen and oxygen atoms in total. The molecule has 1 aromatic rings. The first-order valence-corrected chi connectivity index (χ1v) is 5.29. The molecule has 4 heteroatoms. The highest BCUT2D eigenvalue weighted by molar-refractivity contribution is 5.92. The number of hydrogen-bond donors (Lipinski definition) is 2. The molecule has 0 fully saturated rings. The minimum absolute atomic E-state index is 0.0471. The van der Waals surface area contributed by atoms with E-state index in [4.69, 9.17) is 4.74 Å². The molecule has 1 unspecified atom stereocenters. The van der Waals surface area contributed by atoms with Crippen LogP contribution in [0.5, 0.6) is 0 Å². The van der Waals surface area contributed by atoms with Gasteiger partial charge in [-0.15, -0.1) is 0 Å². The largest absolute Gasteiger partial charge is 0.383 e. The van der Waals surface area contributed by atoms with Crippen LogP contribution < -0.4 is 10.6 Å². The summed E-state index contributed by atoms with van der Waals surface area (Å²) in [6.45, 7) is 2.86. The van der Waals surface area contributed by atoms with Gasteiger partial charge in [-0.2, -0.15) is 0 Å². The molecule has 0 aliphatic heterocycles. The number of ether oxygens (including phenoxy) is 1. The van der Waals surface area contributed by atoms with E-state index >= 15 is 0 Å². The molecule has 1 atom stereocenters. The number of amides is 1. The fraction of sp³-hybridized carbons (Fsp3) is 0.417. The molecule has 0 spiro atoms. The molecule has 0 bridgehead atoms. The molecule has 0 aliphatic carbocycles. The molecule has 88 valence electrons. The zero-order chi connectivity index (χ0) is 11.8. The van der Waals surface area contributed by atoms with Gasteiger partial charge in [0.15, 0.2) is 0 Å². The Bertz CT molecular complexity index is 314. The molecular weight excluding hydrogens is 204 g/mol. The van der Waals surface area contributed by atoms with Crippen molar-refractivity contribution in [1.29, 1.82) is 0 Å². The SMILES string of the molecule is COCC(C)NCC(=O)Nc1ccccc1. The highest BCUT2D eigenvalue weighted by Crippen LogP contribution is 2.03. The Kier molecular flexibility index (Phi) is 5.53. The minimum atomic E-state index is -0.0471. The number of carbonyl (C=O) groups is 1. The standard InChI is InChI=1S/C12H18N2O2/c1-10(9-16-2)13-8-12(15)14-11-6-4-3-5-7-11/h3-7,10,13H,8-9H2,1-2H3,(H,14,15). The third-order valence-corrected chi connectivity index (χ3v) is 2.09. The van der Waals surface area contributed by atoms with E-state index in [0.717, 1.165) is 5.69 Å². The van der Waals surface area contributed by atoms with Gasteiger partial charge in [0.1, 0.15) is 0 Å². The first-order chi connectivity index (χ1) is 7.72. The second kappa shape index (κ2) is 6.98. The van der Waals surface area contributed by atoms with Gasteiger partial charge in [0.25, 0.3) is 0 Å². The molecule has 0 aromatic heterocycles. The van der Waals surface area contributed by atoms with E-state index in [1.54, 1.807) is 7.11 Å². The molecule has 1 rings (SSSR count). The van der Waals surface area contributed by atoms with Crippen LogP contribution >= 0.6 is 0 Å². The van der Waals surface area contributed by atoms with Crippen LogP contribution in [0.3, 0.4) is 0 Å². The number of methoxy groups -OCH3 is 1. The van der Waals surface area contributed by atoms with Gasteiger partial charge >= 0.3 is 0 Å². The zero-order valence-corrected chi connectivity index (χ0v) is 9.69. The maximum atomic E-state index is 11.5. The molecule has 1 aromatic carbocycles. The number of benzene rings is 1. The van der Waals surface area contributed by atoms with Gasteiger partial charge in [-0.3, -0.25) is 4.79 Å². The van der Waals surface area contributed by atoms with E-state index < -0.39 is 0 Å². The Balaban J connectivity index is 2.26. The second-order valence-corrected chi connectivity index (χ2v) is 3.65. The lowest BCUT2D eigenvalue weighted by atomic mass is 10.3. The lowest BCUT2D eigenvalue weighted by Gasteiger charge is -2.12. The predicted octanol–water partition coefficient (Wildman–Crippen LogP) is 1.25. The Hall–Kier alpha value is -1.39. The number of hydrogen-bond acceptors (Lipinski definition) is 3. The average molecular weight is 222 g/mol. The van der Waals surface area contributed by atoms with Crippen molar-refractivity contribution in [1.82, 2.24) is 5.32 Å². The summed E-state index contributed by atoms with van der Waals surface area (Å²) >= 11 is 0. The normalized spacial score (nSPS) is 12.1. The van der Waals surface area contributed by atoms with Crippen molar-refractivity contribution in [3.05, 3.63) is 30.3 Å². The van der Waals surface area contributed by atoms with Crippen molar-refractivity contribution < 1.29 is 9.53 Å².